The summed E-state index contributed by atoms with van der Waals surface area (Å²) in [6.07, 6.45) is 3.92. The van der Waals surface area contributed by atoms with E-state index in [4.69, 9.17) is 9.15 Å². The third-order valence-electron chi connectivity index (χ3n) is 4.19. The van der Waals surface area contributed by atoms with E-state index in [-0.39, 0.29) is 27.9 Å². The normalized spacial score (nSPS) is 10.7. The minimum atomic E-state index is -0.342. The number of ether oxygens (including phenoxy) is 1. The van der Waals surface area contributed by atoms with E-state index in [9.17, 15) is 15.0 Å². The second-order valence-electron chi connectivity index (χ2n) is 6.33. The number of rotatable bonds is 4. The van der Waals surface area contributed by atoms with Gasteiger partial charge >= 0.3 is 0 Å². The second kappa shape index (κ2) is 6.96. The first-order valence-corrected chi connectivity index (χ1v) is 8.19. The number of methoxy groups -OCH3 is 1. The van der Waals surface area contributed by atoms with Crippen molar-refractivity contribution in [2.24, 2.45) is 0 Å². The Morgan fingerprint density at radius 1 is 1.15 bits per heavy atom. The zero-order valence-corrected chi connectivity index (χ0v) is 14.9. The van der Waals surface area contributed by atoms with Gasteiger partial charge in [0.15, 0.2) is 0 Å². The van der Waals surface area contributed by atoms with Crippen molar-refractivity contribution in [1.82, 2.24) is 0 Å². The maximum atomic E-state index is 12.9. The van der Waals surface area contributed by atoms with Gasteiger partial charge in [0.1, 0.15) is 34.5 Å². The minimum absolute atomic E-state index is 0.0993. The van der Waals surface area contributed by atoms with Crippen LogP contribution in [0.2, 0.25) is 0 Å². The van der Waals surface area contributed by atoms with Gasteiger partial charge < -0.3 is 19.4 Å². The third kappa shape index (κ3) is 3.28. The van der Waals surface area contributed by atoms with Crippen LogP contribution in [0.4, 0.5) is 0 Å². The van der Waals surface area contributed by atoms with Crippen LogP contribution >= 0.6 is 0 Å². The number of fused-ring (bicyclic) bond motifs is 1. The highest BCUT2D eigenvalue weighted by molar-refractivity contribution is 5.88. The summed E-state index contributed by atoms with van der Waals surface area (Å²) in [5, 5.41) is 20.3. The van der Waals surface area contributed by atoms with Gasteiger partial charge in [-0.2, -0.15) is 0 Å². The highest BCUT2D eigenvalue weighted by atomic mass is 16.5. The summed E-state index contributed by atoms with van der Waals surface area (Å²) in [7, 11) is 1.47. The maximum absolute atomic E-state index is 12.9. The Hall–Kier alpha value is -3.21. The van der Waals surface area contributed by atoms with Crippen molar-refractivity contribution in [2.45, 2.75) is 20.3 Å². The van der Waals surface area contributed by atoms with Gasteiger partial charge in [0.25, 0.3) is 0 Å². The molecule has 0 spiro atoms. The second-order valence-corrected chi connectivity index (χ2v) is 6.33. The molecule has 0 radical (unpaired) electrons. The smallest absolute Gasteiger partial charge is 0.204 e. The molecule has 2 aromatic carbocycles. The predicted molar refractivity (Wildman–Crippen MR) is 101 cm³/mol. The van der Waals surface area contributed by atoms with Gasteiger partial charge in [0.05, 0.1) is 12.7 Å². The molecule has 0 amide bonds. The Kier molecular flexibility index (Phi) is 4.71. The van der Waals surface area contributed by atoms with Gasteiger partial charge in [-0.15, -0.1) is 0 Å². The number of hydrogen-bond donors (Lipinski definition) is 2. The Bertz CT molecular complexity index is 1060. The van der Waals surface area contributed by atoms with Crippen LogP contribution in [0.15, 0.2) is 57.5 Å². The van der Waals surface area contributed by atoms with Crippen molar-refractivity contribution >= 4 is 11.0 Å². The van der Waals surface area contributed by atoms with Gasteiger partial charge in [-0.25, -0.2) is 0 Å². The molecule has 0 fully saturated rings. The molecule has 0 aliphatic rings. The summed E-state index contributed by atoms with van der Waals surface area (Å²) < 4.78 is 10.6. The number of aromatic hydroxyl groups is 2. The summed E-state index contributed by atoms with van der Waals surface area (Å²) in [6, 6.07) is 7.89. The number of hydrogen-bond acceptors (Lipinski definition) is 5. The first-order valence-electron chi connectivity index (χ1n) is 8.19. The Labute approximate surface area is 150 Å². The van der Waals surface area contributed by atoms with Gasteiger partial charge in [-0.05, 0) is 43.5 Å². The number of phenolic OH excluding ortho intramolecular Hbond substituents is 2. The van der Waals surface area contributed by atoms with Crippen LogP contribution in [-0.2, 0) is 6.42 Å². The van der Waals surface area contributed by atoms with Crippen LogP contribution in [0.25, 0.3) is 22.1 Å². The largest absolute Gasteiger partial charge is 0.508 e. The minimum Gasteiger partial charge on any atom is -0.508 e. The summed E-state index contributed by atoms with van der Waals surface area (Å²) in [5.41, 5.74) is 2.69. The van der Waals surface area contributed by atoms with E-state index in [2.05, 4.69) is 0 Å². The third-order valence-corrected chi connectivity index (χ3v) is 4.19. The molecule has 134 valence electrons. The standard InChI is InChI=1S/C21H20O5/c1-12(2)4-5-14-8-13(6-7-17(14)22)16-11-26-19-10-15(25-3)9-18(23)20(19)21(16)24/h4,6-11,22-23H,5H2,1-3H3. The van der Waals surface area contributed by atoms with Crippen LogP contribution in [0.3, 0.4) is 0 Å². The van der Waals surface area contributed by atoms with E-state index in [0.717, 1.165) is 5.57 Å². The summed E-state index contributed by atoms with van der Waals surface area (Å²) in [5.74, 6) is 0.377. The first kappa shape index (κ1) is 17.6. The first-order chi connectivity index (χ1) is 12.4. The molecule has 3 aromatic rings. The van der Waals surface area contributed by atoms with E-state index < -0.39 is 0 Å². The molecule has 1 heterocycles. The number of allylic oxidation sites excluding steroid dienone is 2. The Balaban J connectivity index is 2.16. The van der Waals surface area contributed by atoms with Crippen LogP contribution in [0.1, 0.15) is 19.4 Å². The summed E-state index contributed by atoms with van der Waals surface area (Å²) >= 11 is 0. The van der Waals surface area contributed by atoms with E-state index in [1.807, 2.05) is 19.9 Å². The molecule has 0 bridgehead atoms. The molecule has 2 N–H and O–H groups in total. The highest BCUT2D eigenvalue weighted by Crippen LogP contribution is 2.31. The summed E-state index contributed by atoms with van der Waals surface area (Å²) in [6.45, 7) is 3.96. The van der Waals surface area contributed by atoms with Gasteiger partial charge in [0, 0.05) is 12.1 Å². The molecule has 0 saturated heterocycles. The maximum Gasteiger partial charge on any atom is 0.204 e. The average Bonchev–Trinajstić information content (AvgIpc) is 2.61. The molecule has 0 atom stereocenters. The predicted octanol–water partition coefficient (Wildman–Crippen LogP) is 4.39. The highest BCUT2D eigenvalue weighted by Gasteiger charge is 2.15. The molecule has 0 aliphatic carbocycles. The van der Waals surface area contributed by atoms with Crippen molar-refractivity contribution in [2.75, 3.05) is 7.11 Å². The fraction of sp³-hybridized carbons (Fsp3) is 0.190. The monoisotopic (exact) mass is 352 g/mol. The van der Waals surface area contributed by atoms with Crippen LogP contribution in [0, 0.1) is 0 Å². The SMILES string of the molecule is COc1cc(O)c2c(=O)c(-c3ccc(O)c(CC=C(C)C)c3)coc2c1. The fourth-order valence-corrected chi connectivity index (χ4v) is 2.76. The van der Waals surface area contributed by atoms with Crippen molar-refractivity contribution < 1.29 is 19.4 Å². The Morgan fingerprint density at radius 3 is 2.62 bits per heavy atom. The lowest BCUT2D eigenvalue weighted by Crippen LogP contribution is -2.05. The lowest BCUT2D eigenvalue weighted by molar-refractivity contribution is 0.408. The zero-order chi connectivity index (χ0) is 18.8. The fourth-order valence-electron chi connectivity index (χ4n) is 2.76. The van der Waals surface area contributed by atoms with E-state index in [1.54, 1.807) is 24.3 Å². The molecule has 5 nitrogen and oxygen atoms in total. The average molecular weight is 352 g/mol. The van der Waals surface area contributed by atoms with Crippen molar-refractivity contribution in [3.63, 3.8) is 0 Å². The molecule has 3 rings (SSSR count). The molecule has 0 aliphatic heterocycles. The molecule has 1 aromatic heterocycles. The zero-order valence-electron chi connectivity index (χ0n) is 14.9. The molecular formula is C21H20O5. The molecule has 26 heavy (non-hydrogen) atoms. The van der Waals surface area contributed by atoms with Gasteiger partial charge in [-0.1, -0.05) is 17.7 Å². The topological polar surface area (TPSA) is 79.9 Å². The lowest BCUT2D eigenvalue weighted by Gasteiger charge is -2.08. The number of phenols is 2. The van der Waals surface area contributed by atoms with Crippen LogP contribution < -0.4 is 10.2 Å². The molecule has 0 unspecified atom stereocenters. The van der Waals surface area contributed by atoms with Crippen molar-refractivity contribution in [1.29, 1.82) is 0 Å². The van der Waals surface area contributed by atoms with Crippen molar-refractivity contribution in [3.05, 3.63) is 64.0 Å². The van der Waals surface area contributed by atoms with Gasteiger partial charge in [-0.3, -0.25) is 4.79 Å². The van der Waals surface area contributed by atoms with Crippen molar-refractivity contribution in [3.8, 4) is 28.4 Å². The van der Waals surface area contributed by atoms with Gasteiger partial charge in [0.2, 0.25) is 5.43 Å². The number of benzene rings is 2. The van der Waals surface area contributed by atoms with E-state index in [1.165, 1.54) is 19.4 Å². The molecular weight excluding hydrogens is 332 g/mol. The van der Waals surface area contributed by atoms with E-state index in [0.29, 0.717) is 28.9 Å². The van der Waals surface area contributed by atoms with Crippen LogP contribution in [-0.4, -0.2) is 17.3 Å². The quantitative estimate of drug-likeness (QED) is 0.681. The lowest BCUT2D eigenvalue weighted by atomic mass is 10.00. The molecule has 0 saturated carbocycles. The molecule has 5 heteroatoms. The summed E-state index contributed by atoms with van der Waals surface area (Å²) in [4.78, 5) is 12.9. The van der Waals surface area contributed by atoms with Crippen LogP contribution in [0.5, 0.6) is 17.2 Å². The Morgan fingerprint density at radius 2 is 1.92 bits per heavy atom. The van der Waals surface area contributed by atoms with E-state index >= 15 is 0 Å².